The van der Waals surface area contributed by atoms with E-state index in [2.05, 4.69) is 60.1 Å². The summed E-state index contributed by atoms with van der Waals surface area (Å²) in [5, 5.41) is 11.5. The molecule has 0 unspecified atom stereocenters. The lowest BCUT2D eigenvalue weighted by atomic mass is 9.95. The highest BCUT2D eigenvalue weighted by molar-refractivity contribution is 5.94. The average Bonchev–Trinajstić information content (AvgIpc) is 2.57. The van der Waals surface area contributed by atoms with Gasteiger partial charge in [-0.3, -0.25) is 4.79 Å². The van der Waals surface area contributed by atoms with Gasteiger partial charge in [0, 0.05) is 24.2 Å². The van der Waals surface area contributed by atoms with Gasteiger partial charge in [-0.2, -0.15) is 0 Å². The summed E-state index contributed by atoms with van der Waals surface area (Å²) < 4.78 is 0. The number of hydrogen-bond acceptors (Lipinski definition) is 2. The SMILES string of the molecule is CCN(CC=CC#CC(C)(C)C(=O)O)c1cccc2ccccc12. The Labute approximate surface area is 143 Å². The molecular weight excluding hydrogens is 298 g/mol. The minimum absolute atomic E-state index is 0.729. The predicted octanol–water partition coefficient (Wildman–Crippen LogP) is 4.34. The molecule has 0 aliphatic rings. The monoisotopic (exact) mass is 321 g/mol. The molecule has 0 atom stereocenters. The molecular formula is C21H23NO2. The predicted molar refractivity (Wildman–Crippen MR) is 100 cm³/mol. The van der Waals surface area contributed by atoms with Gasteiger partial charge >= 0.3 is 5.97 Å². The molecule has 0 saturated carbocycles. The lowest BCUT2D eigenvalue weighted by molar-refractivity contribution is -0.143. The van der Waals surface area contributed by atoms with Gasteiger partial charge in [0.05, 0.1) is 0 Å². The Kier molecular flexibility index (Phi) is 5.65. The van der Waals surface area contributed by atoms with Crippen LogP contribution in [0.25, 0.3) is 10.8 Å². The lowest BCUT2D eigenvalue weighted by Gasteiger charge is -2.23. The zero-order valence-corrected chi connectivity index (χ0v) is 14.4. The molecule has 0 aromatic heterocycles. The van der Waals surface area contributed by atoms with Crippen LogP contribution < -0.4 is 4.90 Å². The number of rotatable bonds is 5. The van der Waals surface area contributed by atoms with Gasteiger partial charge in [0.25, 0.3) is 0 Å². The van der Waals surface area contributed by atoms with E-state index in [1.807, 2.05) is 12.1 Å². The van der Waals surface area contributed by atoms with Crippen LogP contribution in [0, 0.1) is 17.3 Å². The molecule has 0 spiro atoms. The van der Waals surface area contributed by atoms with Crippen molar-refractivity contribution < 1.29 is 9.90 Å². The molecule has 0 bridgehead atoms. The van der Waals surface area contributed by atoms with Gasteiger partial charge in [0.2, 0.25) is 0 Å². The maximum Gasteiger partial charge on any atom is 0.321 e. The van der Waals surface area contributed by atoms with Crippen LogP contribution in [0.5, 0.6) is 0 Å². The number of fused-ring (bicyclic) bond motifs is 1. The van der Waals surface area contributed by atoms with Gasteiger partial charge in [0.15, 0.2) is 0 Å². The first-order chi connectivity index (χ1) is 11.5. The number of aliphatic carboxylic acids is 1. The summed E-state index contributed by atoms with van der Waals surface area (Å²) in [6.45, 7) is 6.93. The number of hydrogen-bond donors (Lipinski definition) is 1. The first-order valence-electron chi connectivity index (χ1n) is 8.09. The number of carboxylic acid groups (broad SMARTS) is 1. The summed E-state index contributed by atoms with van der Waals surface area (Å²) in [6, 6.07) is 14.6. The van der Waals surface area contributed by atoms with Crippen LogP contribution >= 0.6 is 0 Å². The molecule has 0 aliphatic heterocycles. The van der Waals surface area contributed by atoms with E-state index in [-0.39, 0.29) is 0 Å². The van der Waals surface area contributed by atoms with Crippen molar-refractivity contribution in [2.24, 2.45) is 5.41 Å². The highest BCUT2D eigenvalue weighted by atomic mass is 16.4. The van der Waals surface area contributed by atoms with E-state index in [0.29, 0.717) is 0 Å². The standard InChI is InChI=1S/C21H23NO2/c1-4-22(16-9-5-8-15-21(2,3)20(23)24)19-14-10-12-17-11-6-7-13-18(17)19/h5-7,9-14H,4,16H2,1-3H3,(H,23,24). The number of allylic oxidation sites excluding steroid dienone is 1. The van der Waals surface area contributed by atoms with Gasteiger partial charge in [-0.25, -0.2) is 0 Å². The smallest absolute Gasteiger partial charge is 0.321 e. The van der Waals surface area contributed by atoms with Crippen LogP contribution in [-0.2, 0) is 4.79 Å². The quantitative estimate of drug-likeness (QED) is 0.833. The largest absolute Gasteiger partial charge is 0.480 e. The van der Waals surface area contributed by atoms with Gasteiger partial charge in [-0.15, -0.1) is 0 Å². The van der Waals surface area contributed by atoms with E-state index in [1.54, 1.807) is 19.9 Å². The van der Waals surface area contributed by atoms with E-state index in [1.165, 1.54) is 16.5 Å². The van der Waals surface area contributed by atoms with E-state index >= 15 is 0 Å². The summed E-state index contributed by atoms with van der Waals surface area (Å²) >= 11 is 0. The van der Waals surface area contributed by atoms with Crippen molar-refractivity contribution in [1.82, 2.24) is 0 Å². The molecule has 2 aromatic carbocycles. The highest BCUT2D eigenvalue weighted by Gasteiger charge is 2.23. The van der Waals surface area contributed by atoms with Crippen LogP contribution in [0.15, 0.2) is 54.6 Å². The van der Waals surface area contributed by atoms with Crippen LogP contribution in [0.1, 0.15) is 20.8 Å². The first kappa shape index (κ1) is 17.6. The van der Waals surface area contributed by atoms with Gasteiger partial charge < -0.3 is 10.0 Å². The van der Waals surface area contributed by atoms with Crippen LogP contribution in [0.3, 0.4) is 0 Å². The second-order valence-electron chi connectivity index (χ2n) is 6.14. The van der Waals surface area contributed by atoms with E-state index in [0.717, 1.165) is 13.1 Å². The van der Waals surface area contributed by atoms with Gasteiger partial charge in [-0.1, -0.05) is 54.3 Å². The van der Waals surface area contributed by atoms with Crippen LogP contribution in [-0.4, -0.2) is 24.2 Å². The van der Waals surface area contributed by atoms with Crippen molar-refractivity contribution in [3.05, 3.63) is 54.6 Å². The maximum atomic E-state index is 11.0. The highest BCUT2D eigenvalue weighted by Crippen LogP contribution is 2.26. The van der Waals surface area contributed by atoms with E-state index < -0.39 is 11.4 Å². The first-order valence-corrected chi connectivity index (χ1v) is 8.09. The Bertz CT molecular complexity index is 804. The average molecular weight is 321 g/mol. The summed E-state index contributed by atoms with van der Waals surface area (Å²) in [5.41, 5.74) is 0.170. The second-order valence-corrected chi connectivity index (χ2v) is 6.14. The maximum absolute atomic E-state index is 11.0. The fraction of sp³-hybridized carbons (Fsp3) is 0.286. The minimum Gasteiger partial charge on any atom is -0.480 e. The van der Waals surface area contributed by atoms with E-state index in [4.69, 9.17) is 5.11 Å². The molecule has 1 N–H and O–H groups in total. The minimum atomic E-state index is -1.02. The summed E-state index contributed by atoms with van der Waals surface area (Å²) in [6.07, 6.45) is 3.70. The van der Waals surface area contributed by atoms with Crippen molar-refractivity contribution in [2.45, 2.75) is 20.8 Å². The Balaban J connectivity index is 2.14. The van der Waals surface area contributed by atoms with Gasteiger partial charge in [0.1, 0.15) is 5.41 Å². The molecule has 0 heterocycles. The molecule has 3 heteroatoms. The Morgan fingerprint density at radius 1 is 1.21 bits per heavy atom. The van der Waals surface area contributed by atoms with Crippen molar-refractivity contribution in [3.63, 3.8) is 0 Å². The zero-order valence-electron chi connectivity index (χ0n) is 14.4. The summed E-state index contributed by atoms with van der Waals surface area (Å²) in [5.74, 6) is 4.69. The van der Waals surface area contributed by atoms with Crippen molar-refractivity contribution in [3.8, 4) is 11.8 Å². The van der Waals surface area contributed by atoms with Gasteiger partial charge in [-0.05, 0) is 38.3 Å². The van der Waals surface area contributed by atoms with Crippen molar-refractivity contribution >= 4 is 22.4 Å². The van der Waals surface area contributed by atoms with Crippen LogP contribution in [0.4, 0.5) is 5.69 Å². The molecule has 124 valence electrons. The molecule has 3 nitrogen and oxygen atoms in total. The zero-order chi connectivity index (χ0) is 17.6. The molecule has 2 rings (SSSR count). The number of anilines is 1. The molecule has 2 aromatic rings. The Hall–Kier alpha value is -2.73. The fourth-order valence-corrected chi connectivity index (χ4v) is 2.40. The molecule has 0 radical (unpaired) electrons. The normalized spacial score (nSPS) is 11.3. The Morgan fingerprint density at radius 2 is 1.92 bits per heavy atom. The molecule has 0 amide bonds. The van der Waals surface area contributed by atoms with Crippen LogP contribution in [0.2, 0.25) is 0 Å². The third-order valence-corrected chi connectivity index (χ3v) is 3.94. The molecule has 0 aliphatic carbocycles. The lowest BCUT2D eigenvalue weighted by Crippen LogP contribution is -2.22. The topological polar surface area (TPSA) is 40.5 Å². The third kappa shape index (κ3) is 4.17. The number of carboxylic acids is 1. The van der Waals surface area contributed by atoms with E-state index in [9.17, 15) is 4.79 Å². The Morgan fingerprint density at radius 3 is 2.62 bits per heavy atom. The number of carbonyl (C=O) groups is 1. The second kappa shape index (κ2) is 7.70. The molecule has 0 saturated heterocycles. The summed E-state index contributed by atoms with van der Waals surface area (Å²) in [7, 11) is 0. The number of likely N-dealkylation sites (N-methyl/N-ethyl adjacent to an activating group) is 1. The van der Waals surface area contributed by atoms with Crippen molar-refractivity contribution in [2.75, 3.05) is 18.0 Å². The third-order valence-electron chi connectivity index (χ3n) is 3.94. The molecule has 24 heavy (non-hydrogen) atoms. The summed E-state index contributed by atoms with van der Waals surface area (Å²) in [4.78, 5) is 13.3. The fourth-order valence-electron chi connectivity index (χ4n) is 2.40. The van der Waals surface area contributed by atoms with Crippen molar-refractivity contribution in [1.29, 1.82) is 0 Å². The molecule has 0 fully saturated rings. The number of nitrogens with zero attached hydrogens (tertiary/aromatic N) is 1. The number of benzene rings is 2.